The average molecular weight is 336 g/mol. The summed E-state index contributed by atoms with van der Waals surface area (Å²) in [6.45, 7) is 4.02. The summed E-state index contributed by atoms with van der Waals surface area (Å²) in [5.41, 5.74) is 1.41. The molecule has 3 N–H and O–H groups in total. The van der Waals surface area contributed by atoms with Gasteiger partial charge in [0.1, 0.15) is 5.75 Å². The van der Waals surface area contributed by atoms with Crippen LogP contribution in [0.5, 0.6) is 5.75 Å². The second-order valence-electron chi connectivity index (χ2n) is 5.41. The smallest absolute Gasteiger partial charge is 0.341 e. The first-order chi connectivity index (χ1) is 11.4. The zero-order valence-electron chi connectivity index (χ0n) is 14.1. The van der Waals surface area contributed by atoms with Crippen LogP contribution in [0, 0.1) is 6.92 Å². The highest BCUT2D eigenvalue weighted by Crippen LogP contribution is 2.21. The van der Waals surface area contributed by atoms with E-state index < -0.39 is 12.6 Å². The second-order valence-corrected chi connectivity index (χ2v) is 5.41. The van der Waals surface area contributed by atoms with Crippen molar-refractivity contribution < 1.29 is 24.2 Å². The van der Waals surface area contributed by atoms with Gasteiger partial charge in [0.15, 0.2) is 6.61 Å². The summed E-state index contributed by atoms with van der Waals surface area (Å²) >= 11 is 0. The number of nitrogens with one attached hydrogen (secondary N) is 2. The maximum absolute atomic E-state index is 11.9. The van der Waals surface area contributed by atoms with Crippen LogP contribution < -0.4 is 15.4 Å². The summed E-state index contributed by atoms with van der Waals surface area (Å²) < 4.78 is 5.07. The van der Waals surface area contributed by atoms with Gasteiger partial charge >= 0.3 is 5.97 Å². The number of hydrogen-bond donors (Lipinski definition) is 3. The van der Waals surface area contributed by atoms with Crippen molar-refractivity contribution in [3.63, 3.8) is 0 Å². The Morgan fingerprint density at radius 2 is 1.88 bits per heavy atom. The van der Waals surface area contributed by atoms with Crippen molar-refractivity contribution in [2.75, 3.05) is 18.5 Å². The molecule has 0 aliphatic rings. The minimum absolute atomic E-state index is 0.0410. The standard InChI is InChI=1S/C17H24N2O5/c1-3-9-18-15(20)5-4-6-16(21)19-14-8-7-13(10-12(14)2)24-11-17(22)23/h7-8,10H,3-6,9,11H2,1-2H3,(H,18,20)(H,19,21)(H,22,23). The number of benzene rings is 1. The van der Waals surface area contributed by atoms with Crippen LogP contribution >= 0.6 is 0 Å². The van der Waals surface area contributed by atoms with Gasteiger partial charge in [-0.3, -0.25) is 9.59 Å². The molecular weight excluding hydrogens is 312 g/mol. The van der Waals surface area contributed by atoms with Crippen molar-refractivity contribution >= 4 is 23.5 Å². The maximum Gasteiger partial charge on any atom is 0.341 e. The van der Waals surface area contributed by atoms with Crippen LogP contribution in [0.4, 0.5) is 5.69 Å². The van der Waals surface area contributed by atoms with E-state index in [0.29, 0.717) is 30.8 Å². The molecule has 0 aliphatic carbocycles. The number of ether oxygens (including phenoxy) is 1. The summed E-state index contributed by atoms with van der Waals surface area (Å²) in [5, 5.41) is 14.1. The number of aryl methyl sites for hydroxylation is 1. The molecule has 1 aromatic carbocycles. The lowest BCUT2D eigenvalue weighted by Crippen LogP contribution is -2.24. The molecular formula is C17H24N2O5. The minimum atomic E-state index is -1.05. The van der Waals surface area contributed by atoms with Crippen LogP contribution in [0.15, 0.2) is 18.2 Å². The quantitative estimate of drug-likeness (QED) is 0.607. The van der Waals surface area contributed by atoms with Gasteiger partial charge in [-0.15, -0.1) is 0 Å². The molecule has 0 atom stereocenters. The molecule has 0 fully saturated rings. The SMILES string of the molecule is CCCNC(=O)CCCC(=O)Nc1ccc(OCC(=O)O)cc1C. The van der Waals surface area contributed by atoms with E-state index in [0.717, 1.165) is 12.0 Å². The maximum atomic E-state index is 11.9. The zero-order chi connectivity index (χ0) is 17.9. The van der Waals surface area contributed by atoms with Gasteiger partial charge in [-0.25, -0.2) is 4.79 Å². The average Bonchev–Trinajstić information content (AvgIpc) is 2.53. The highest BCUT2D eigenvalue weighted by Gasteiger charge is 2.08. The third kappa shape index (κ3) is 7.62. The molecule has 7 nitrogen and oxygen atoms in total. The summed E-state index contributed by atoms with van der Waals surface area (Å²) in [7, 11) is 0. The molecule has 24 heavy (non-hydrogen) atoms. The first kappa shape index (κ1) is 19.5. The van der Waals surface area contributed by atoms with Gasteiger partial charge in [0.2, 0.25) is 11.8 Å². The number of anilines is 1. The van der Waals surface area contributed by atoms with Gasteiger partial charge < -0.3 is 20.5 Å². The van der Waals surface area contributed by atoms with Gasteiger partial charge in [-0.2, -0.15) is 0 Å². The molecule has 0 heterocycles. The Bertz CT molecular complexity index is 586. The molecule has 1 rings (SSSR count). The number of carboxylic acid groups (broad SMARTS) is 1. The van der Waals surface area contributed by atoms with Crippen LogP contribution in [0.2, 0.25) is 0 Å². The van der Waals surface area contributed by atoms with E-state index in [2.05, 4.69) is 10.6 Å². The number of hydrogen-bond acceptors (Lipinski definition) is 4. The van der Waals surface area contributed by atoms with Crippen LogP contribution in [0.25, 0.3) is 0 Å². The van der Waals surface area contributed by atoms with Gasteiger partial charge in [-0.05, 0) is 43.5 Å². The summed E-state index contributed by atoms with van der Waals surface area (Å²) in [6.07, 6.45) is 1.96. The van der Waals surface area contributed by atoms with Gasteiger partial charge in [-0.1, -0.05) is 6.92 Å². The molecule has 0 saturated heterocycles. The molecule has 2 amide bonds. The number of carbonyl (C=O) groups is 3. The van der Waals surface area contributed by atoms with E-state index in [1.165, 1.54) is 0 Å². The van der Waals surface area contributed by atoms with Crippen molar-refractivity contribution in [2.24, 2.45) is 0 Å². The molecule has 0 saturated carbocycles. The Morgan fingerprint density at radius 1 is 1.17 bits per heavy atom. The van der Waals surface area contributed by atoms with Gasteiger partial charge in [0, 0.05) is 25.1 Å². The van der Waals surface area contributed by atoms with Crippen LogP contribution in [-0.4, -0.2) is 36.0 Å². The molecule has 0 radical (unpaired) electrons. The van der Waals surface area contributed by atoms with E-state index in [1.54, 1.807) is 25.1 Å². The van der Waals surface area contributed by atoms with Gasteiger partial charge in [0.05, 0.1) is 0 Å². The van der Waals surface area contributed by atoms with Crippen molar-refractivity contribution in [3.8, 4) is 5.75 Å². The van der Waals surface area contributed by atoms with Gasteiger partial charge in [0.25, 0.3) is 0 Å². The largest absolute Gasteiger partial charge is 0.482 e. The summed E-state index contributed by atoms with van der Waals surface area (Å²) in [4.78, 5) is 33.8. The Morgan fingerprint density at radius 3 is 2.50 bits per heavy atom. The normalized spacial score (nSPS) is 10.1. The second kappa shape index (κ2) is 10.3. The molecule has 0 bridgehead atoms. The van der Waals surface area contributed by atoms with Crippen molar-refractivity contribution in [1.29, 1.82) is 0 Å². The number of amides is 2. The minimum Gasteiger partial charge on any atom is -0.482 e. The molecule has 132 valence electrons. The Balaban J connectivity index is 2.41. The topological polar surface area (TPSA) is 105 Å². The van der Waals surface area contributed by atoms with Crippen LogP contribution in [0.1, 0.15) is 38.2 Å². The summed E-state index contributed by atoms with van der Waals surface area (Å²) in [5.74, 6) is -0.824. The number of rotatable bonds is 10. The predicted molar refractivity (Wildman–Crippen MR) is 90.1 cm³/mol. The molecule has 0 unspecified atom stereocenters. The van der Waals surface area contributed by atoms with E-state index in [1.807, 2.05) is 6.92 Å². The molecule has 0 aromatic heterocycles. The lowest BCUT2D eigenvalue weighted by atomic mass is 10.1. The number of aliphatic carboxylic acids is 1. The first-order valence-corrected chi connectivity index (χ1v) is 7.94. The van der Waals surface area contributed by atoms with Crippen molar-refractivity contribution in [3.05, 3.63) is 23.8 Å². The Hall–Kier alpha value is -2.57. The monoisotopic (exact) mass is 336 g/mol. The molecule has 0 aliphatic heterocycles. The lowest BCUT2D eigenvalue weighted by Gasteiger charge is -2.10. The Kier molecular flexibility index (Phi) is 8.32. The van der Waals surface area contributed by atoms with Crippen molar-refractivity contribution in [1.82, 2.24) is 5.32 Å². The number of carbonyl (C=O) groups excluding carboxylic acids is 2. The lowest BCUT2D eigenvalue weighted by molar-refractivity contribution is -0.139. The van der Waals surface area contributed by atoms with Crippen molar-refractivity contribution in [2.45, 2.75) is 39.5 Å². The molecule has 0 spiro atoms. The Labute approximate surface area is 141 Å². The van der Waals surface area contributed by atoms with Crippen LogP contribution in [0.3, 0.4) is 0 Å². The fourth-order valence-corrected chi connectivity index (χ4v) is 1.99. The summed E-state index contributed by atoms with van der Waals surface area (Å²) in [6, 6.07) is 4.93. The number of carboxylic acids is 1. The fourth-order valence-electron chi connectivity index (χ4n) is 1.99. The zero-order valence-corrected chi connectivity index (χ0v) is 14.1. The third-order valence-corrected chi connectivity index (χ3v) is 3.21. The highest BCUT2D eigenvalue weighted by molar-refractivity contribution is 5.91. The van der Waals surface area contributed by atoms with E-state index >= 15 is 0 Å². The van der Waals surface area contributed by atoms with E-state index in [9.17, 15) is 14.4 Å². The molecule has 7 heteroatoms. The van der Waals surface area contributed by atoms with E-state index in [4.69, 9.17) is 9.84 Å². The fraction of sp³-hybridized carbons (Fsp3) is 0.471. The third-order valence-electron chi connectivity index (χ3n) is 3.21. The highest BCUT2D eigenvalue weighted by atomic mass is 16.5. The molecule has 1 aromatic rings. The van der Waals surface area contributed by atoms with Crippen LogP contribution in [-0.2, 0) is 14.4 Å². The first-order valence-electron chi connectivity index (χ1n) is 7.94. The van der Waals surface area contributed by atoms with E-state index in [-0.39, 0.29) is 18.2 Å². The predicted octanol–water partition coefficient (Wildman–Crippen LogP) is 2.09.